The molecule has 2 nitrogen and oxygen atoms in total. The predicted octanol–water partition coefficient (Wildman–Crippen LogP) is 3.35. The number of rotatable bonds is 2. The van der Waals surface area contributed by atoms with Crippen molar-refractivity contribution < 1.29 is 0 Å². The van der Waals surface area contributed by atoms with Gasteiger partial charge in [-0.1, -0.05) is 34.2 Å². The lowest BCUT2D eigenvalue weighted by Gasteiger charge is -2.01. The van der Waals surface area contributed by atoms with Gasteiger partial charge in [-0.05, 0) is 24.6 Å². The van der Waals surface area contributed by atoms with Gasteiger partial charge in [-0.15, -0.1) is 0 Å². The van der Waals surface area contributed by atoms with Crippen molar-refractivity contribution in [2.45, 2.75) is 19.9 Å². The molecule has 0 spiro atoms. The molecule has 1 heterocycles. The Kier molecular flexibility index (Phi) is 2.74. The monoisotopic (exact) mass is 270 g/mol. The number of aromatic nitrogens is 1. The van der Waals surface area contributed by atoms with E-state index < -0.39 is 0 Å². The average Bonchev–Trinajstić information content (AvgIpc) is 2.43. The van der Waals surface area contributed by atoms with E-state index in [4.69, 9.17) is 5.41 Å². The highest BCUT2D eigenvalue weighted by Crippen LogP contribution is 2.22. The third-order valence-corrected chi connectivity index (χ3v) is 3.57. The number of nitrogens with zero attached hydrogens (tertiary/aromatic N) is 1. The minimum absolute atomic E-state index is 0.639. The van der Waals surface area contributed by atoms with Gasteiger partial charge in [-0.2, -0.15) is 0 Å². The zero-order valence-corrected chi connectivity index (χ0v) is 10.3. The second-order valence-electron chi connectivity index (χ2n) is 3.17. The molecule has 74 valence electrons. The molecule has 1 N–H and O–H groups in total. The van der Waals surface area contributed by atoms with Crippen LogP contribution in [-0.4, -0.2) is 4.57 Å². The zero-order valence-electron chi connectivity index (χ0n) is 7.88. The lowest BCUT2D eigenvalue weighted by atomic mass is 10.3. The topological polar surface area (TPSA) is 28.8 Å². The van der Waals surface area contributed by atoms with Crippen molar-refractivity contribution in [3.63, 3.8) is 0 Å². The summed E-state index contributed by atoms with van der Waals surface area (Å²) >= 11 is 4.97. The number of halogens is 1. The van der Waals surface area contributed by atoms with E-state index in [9.17, 15) is 0 Å². The van der Waals surface area contributed by atoms with Crippen LogP contribution in [0.1, 0.15) is 13.3 Å². The summed E-state index contributed by atoms with van der Waals surface area (Å²) in [6.45, 7) is 3.06. The summed E-state index contributed by atoms with van der Waals surface area (Å²) in [6.07, 6.45) is 1.07. The second kappa shape index (κ2) is 3.87. The van der Waals surface area contributed by atoms with Gasteiger partial charge in [-0.25, -0.2) is 0 Å². The minimum Gasteiger partial charge on any atom is -0.317 e. The summed E-state index contributed by atoms with van der Waals surface area (Å²) in [5.74, 6) is 0. The Hall–Kier alpha value is -0.610. The summed E-state index contributed by atoms with van der Waals surface area (Å²) < 4.78 is 4.32. The number of nitrogens with one attached hydrogen (secondary N) is 1. The van der Waals surface area contributed by atoms with E-state index in [0.717, 1.165) is 17.4 Å². The molecule has 1 aromatic heterocycles. The molecule has 0 unspecified atom stereocenters. The molecule has 0 aliphatic carbocycles. The second-order valence-corrected chi connectivity index (χ2v) is 5.12. The minimum atomic E-state index is 0.639. The van der Waals surface area contributed by atoms with Crippen LogP contribution in [0.15, 0.2) is 22.7 Å². The Balaban J connectivity index is 2.71. The van der Waals surface area contributed by atoms with Gasteiger partial charge in [0.05, 0.1) is 10.2 Å². The fourth-order valence-electron chi connectivity index (χ4n) is 1.51. The maximum absolute atomic E-state index is 7.84. The molecule has 0 aliphatic rings. The summed E-state index contributed by atoms with van der Waals surface area (Å²) in [5, 5.41) is 7.84. The molecule has 0 atom stereocenters. The summed E-state index contributed by atoms with van der Waals surface area (Å²) in [4.78, 5) is 0.639. The largest absolute Gasteiger partial charge is 0.317 e. The Bertz CT molecular complexity index is 512. The number of fused-ring (bicyclic) bond motifs is 1. The Morgan fingerprint density at radius 2 is 2.29 bits per heavy atom. The molecule has 0 aliphatic heterocycles. The molecule has 14 heavy (non-hydrogen) atoms. The number of aryl methyl sites for hydroxylation is 1. The first kappa shape index (κ1) is 9.93. The van der Waals surface area contributed by atoms with Crippen molar-refractivity contribution >= 4 is 37.5 Å². The highest BCUT2D eigenvalue weighted by atomic mass is 79.9. The van der Waals surface area contributed by atoms with Gasteiger partial charge in [0.1, 0.15) is 0 Å². The van der Waals surface area contributed by atoms with Crippen molar-refractivity contribution in [2.75, 3.05) is 0 Å². The molecule has 0 saturated carbocycles. The van der Waals surface area contributed by atoms with Crippen molar-refractivity contribution in [2.24, 2.45) is 0 Å². The number of hydrogen-bond donors (Lipinski definition) is 1. The van der Waals surface area contributed by atoms with Crippen LogP contribution >= 0.6 is 27.3 Å². The maximum atomic E-state index is 7.84. The number of thiazole rings is 1. The van der Waals surface area contributed by atoms with Crippen molar-refractivity contribution in [1.29, 1.82) is 5.41 Å². The molecular formula is C10H11BrN2S. The average molecular weight is 271 g/mol. The van der Waals surface area contributed by atoms with E-state index in [0.29, 0.717) is 4.80 Å². The van der Waals surface area contributed by atoms with Crippen molar-refractivity contribution in [1.82, 2.24) is 4.57 Å². The molecule has 2 rings (SSSR count). The normalized spacial score (nSPS) is 11.0. The molecular weight excluding hydrogens is 260 g/mol. The third kappa shape index (κ3) is 1.64. The Morgan fingerprint density at radius 3 is 3.00 bits per heavy atom. The lowest BCUT2D eigenvalue weighted by Crippen LogP contribution is -2.12. The number of hydrogen-bond acceptors (Lipinski definition) is 2. The van der Waals surface area contributed by atoms with Crippen molar-refractivity contribution in [3.05, 3.63) is 27.5 Å². The van der Waals surface area contributed by atoms with Crippen LogP contribution in [0, 0.1) is 5.41 Å². The van der Waals surface area contributed by atoms with Crippen LogP contribution in [-0.2, 0) is 6.54 Å². The third-order valence-electron chi connectivity index (χ3n) is 2.11. The first-order valence-electron chi connectivity index (χ1n) is 4.56. The molecule has 0 radical (unpaired) electrons. The maximum Gasteiger partial charge on any atom is 0.182 e. The molecule has 1 aromatic carbocycles. The van der Waals surface area contributed by atoms with Gasteiger partial charge < -0.3 is 4.57 Å². The van der Waals surface area contributed by atoms with Crippen LogP contribution in [0.3, 0.4) is 0 Å². The fraction of sp³-hybridized carbons (Fsp3) is 0.300. The lowest BCUT2D eigenvalue weighted by molar-refractivity contribution is 0.676. The first-order chi connectivity index (χ1) is 6.72. The van der Waals surface area contributed by atoms with Crippen LogP contribution in [0.2, 0.25) is 0 Å². The molecule has 0 fully saturated rings. The standard InChI is InChI=1S/C10H11BrN2S/c1-2-5-13-8-4-3-7(11)6-9(8)14-10(13)12/h3-4,6,12H,2,5H2,1H3. The molecule has 0 saturated heterocycles. The van der Waals surface area contributed by atoms with Gasteiger partial charge in [0.15, 0.2) is 4.80 Å². The molecule has 0 bridgehead atoms. The zero-order chi connectivity index (χ0) is 10.1. The van der Waals surface area contributed by atoms with E-state index in [1.165, 1.54) is 21.6 Å². The fourth-order valence-corrected chi connectivity index (χ4v) is 3.00. The molecule has 4 heteroatoms. The van der Waals surface area contributed by atoms with Gasteiger partial charge >= 0.3 is 0 Å². The molecule has 2 aromatic rings. The summed E-state index contributed by atoms with van der Waals surface area (Å²) in [7, 11) is 0. The van der Waals surface area contributed by atoms with Crippen LogP contribution in [0.4, 0.5) is 0 Å². The highest BCUT2D eigenvalue weighted by molar-refractivity contribution is 9.10. The Labute approximate surface area is 94.8 Å². The summed E-state index contributed by atoms with van der Waals surface area (Å²) in [6, 6.07) is 6.18. The highest BCUT2D eigenvalue weighted by Gasteiger charge is 2.03. The van der Waals surface area contributed by atoms with Crippen LogP contribution < -0.4 is 4.80 Å². The van der Waals surface area contributed by atoms with E-state index in [-0.39, 0.29) is 0 Å². The van der Waals surface area contributed by atoms with Gasteiger partial charge in [0.25, 0.3) is 0 Å². The molecule has 0 amide bonds. The van der Waals surface area contributed by atoms with Crippen LogP contribution in [0.5, 0.6) is 0 Å². The quantitative estimate of drug-likeness (QED) is 0.867. The van der Waals surface area contributed by atoms with Gasteiger partial charge in [0.2, 0.25) is 0 Å². The smallest absolute Gasteiger partial charge is 0.182 e. The predicted molar refractivity (Wildman–Crippen MR) is 63.7 cm³/mol. The van der Waals surface area contributed by atoms with Crippen LogP contribution in [0.25, 0.3) is 10.2 Å². The van der Waals surface area contributed by atoms with Crippen molar-refractivity contribution in [3.8, 4) is 0 Å². The van der Waals surface area contributed by atoms with E-state index in [1.807, 2.05) is 6.07 Å². The van der Waals surface area contributed by atoms with E-state index in [2.05, 4.69) is 39.6 Å². The first-order valence-corrected chi connectivity index (χ1v) is 6.17. The van der Waals surface area contributed by atoms with E-state index >= 15 is 0 Å². The summed E-state index contributed by atoms with van der Waals surface area (Å²) in [5.41, 5.74) is 1.17. The van der Waals surface area contributed by atoms with E-state index in [1.54, 1.807) is 0 Å². The van der Waals surface area contributed by atoms with Gasteiger partial charge in [0, 0.05) is 11.0 Å². The Morgan fingerprint density at radius 1 is 1.50 bits per heavy atom. The number of benzene rings is 1. The SMILES string of the molecule is CCCn1c(=N)sc2cc(Br)ccc21. The van der Waals surface area contributed by atoms with Gasteiger partial charge in [-0.3, -0.25) is 5.41 Å².